The van der Waals surface area contributed by atoms with Crippen molar-refractivity contribution in [2.75, 3.05) is 20.0 Å². The van der Waals surface area contributed by atoms with Gasteiger partial charge in [0.2, 0.25) is 0 Å². The summed E-state index contributed by atoms with van der Waals surface area (Å²) < 4.78 is 97.6. The van der Waals surface area contributed by atoms with E-state index in [9.17, 15) is 35.5 Å². The summed E-state index contributed by atoms with van der Waals surface area (Å²) in [6.45, 7) is 4.52. The van der Waals surface area contributed by atoms with Gasteiger partial charge in [0.15, 0.2) is 11.6 Å². The molecule has 38 heavy (non-hydrogen) atoms. The van der Waals surface area contributed by atoms with Crippen molar-refractivity contribution in [3.63, 3.8) is 0 Å². The maximum absolute atomic E-state index is 13.2. The lowest BCUT2D eigenvalue weighted by Gasteiger charge is -2.13. The quantitative estimate of drug-likeness (QED) is 0.195. The predicted octanol–water partition coefficient (Wildman–Crippen LogP) is 7.20. The molecule has 0 amide bonds. The maximum Gasteiger partial charge on any atom is 0.419 e. The first-order chi connectivity index (χ1) is 17.5. The minimum Gasteiger partial charge on any atom is -0.494 e. The van der Waals surface area contributed by atoms with E-state index in [1.807, 2.05) is 6.92 Å². The SMILES string of the molecule is COC(=O)CS.COc1ccc(C)c(C(F)(F)F)c1F.Cc1cc2ccc(C)c(C(F)(F)F)c2s1.O=C=O. The zero-order valence-corrected chi connectivity index (χ0v) is 22.3. The predicted molar refractivity (Wildman–Crippen MR) is 130 cm³/mol. The lowest BCUT2D eigenvalue weighted by molar-refractivity contribution is -0.191. The molecule has 0 radical (unpaired) electrons. The van der Waals surface area contributed by atoms with Crippen molar-refractivity contribution in [3.05, 3.63) is 63.3 Å². The standard InChI is InChI=1S/C11H9F3S.C9H8F4O.C3H6O2S.CO2/c1-6-3-4-8-5-7(2)15-10(8)9(6)11(12,13)14;1-5-3-4-6(14-2)8(10)7(5)9(11,12)13;1-5-3(4)2-6;2-1-3/h3-5H,1-2H3;3-4H,1-2H3;6H,2H2,1H3;. The number of esters is 1. The summed E-state index contributed by atoms with van der Waals surface area (Å²) in [7, 11) is 2.45. The fourth-order valence-electron chi connectivity index (χ4n) is 2.91. The lowest BCUT2D eigenvalue weighted by atomic mass is 10.1. The number of halogens is 7. The van der Waals surface area contributed by atoms with Crippen molar-refractivity contribution >= 4 is 46.2 Å². The zero-order valence-electron chi connectivity index (χ0n) is 20.6. The van der Waals surface area contributed by atoms with E-state index in [2.05, 4.69) is 22.1 Å². The molecule has 0 bridgehead atoms. The fraction of sp³-hybridized carbons (Fsp3) is 0.333. The van der Waals surface area contributed by atoms with E-state index in [4.69, 9.17) is 9.59 Å². The second kappa shape index (κ2) is 15.4. The van der Waals surface area contributed by atoms with Gasteiger partial charge in [-0.05, 0) is 49.4 Å². The number of hydrogen-bond donors (Lipinski definition) is 1. The number of thiophene rings is 1. The number of ether oxygens (including phenoxy) is 2. The van der Waals surface area contributed by atoms with Crippen molar-refractivity contribution in [1.82, 2.24) is 0 Å². The molecule has 0 saturated heterocycles. The van der Waals surface area contributed by atoms with E-state index in [0.717, 1.165) is 12.0 Å². The third kappa shape index (κ3) is 10.3. The second-order valence-corrected chi connectivity index (χ2v) is 8.69. The highest BCUT2D eigenvalue weighted by Gasteiger charge is 2.37. The summed E-state index contributed by atoms with van der Waals surface area (Å²) >= 11 is 4.82. The van der Waals surface area contributed by atoms with Crippen LogP contribution in [0.1, 0.15) is 27.1 Å². The van der Waals surface area contributed by atoms with Crippen LogP contribution in [0.4, 0.5) is 30.7 Å². The Kier molecular flexibility index (Phi) is 14.1. The van der Waals surface area contributed by atoms with Crippen molar-refractivity contribution < 1.29 is 54.6 Å². The molecule has 3 rings (SSSR count). The highest BCUT2D eigenvalue weighted by molar-refractivity contribution is 7.81. The summed E-state index contributed by atoms with van der Waals surface area (Å²) in [6.07, 6.45) is -8.70. The summed E-state index contributed by atoms with van der Waals surface area (Å²) in [5.41, 5.74) is -1.62. The number of carbonyl (C=O) groups is 1. The van der Waals surface area contributed by atoms with Gasteiger partial charge in [-0.1, -0.05) is 18.2 Å². The molecule has 0 N–H and O–H groups in total. The molecule has 210 valence electrons. The number of methoxy groups -OCH3 is 2. The second-order valence-electron chi connectivity index (χ2n) is 7.12. The molecule has 0 aliphatic carbocycles. The van der Waals surface area contributed by atoms with E-state index < -0.39 is 35.0 Å². The van der Waals surface area contributed by atoms with Crippen LogP contribution in [0.2, 0.25) is 0 Å². The van der Waals surface area contributed by atoms with Crippen LogP contribution in [-0.4, -0.2) is 32.1 Å². The summed E-state index contributed by atoms with van der Waals surface area (Å²) in [5.74, 6) is -1.89. The molecule has 14 heteroatoms. The van der Waals surface area contributed by atoms with Crippen LogP contribution in [0.5, 0.6) is 5.75 Å². The van der Waals surface area contributed by atoms with Gasteiger partial charge in [-0.25, -0.2) is 4.39 Å². The van der Waals surface area contributed by atoms with Gasteiger partial charge in [-0.3, -0.25) is 4.79 Å². The third-order valence-electron chi connectivity index (χ3n) is 4.48. The van der Waals surface area contributed by atoms with Gasteiger partial charge in [0.1, 0.15) is 0 Å². The minimum atomic E-state index is -4.69. The van der Waals surface area contributed by atoms with E-state index in [-0.39, 0.29) is 29.0 Å². The third-order valence-corrected chi connectivity index (χ3v) is 5.82. The van der Waals surface area contributed by atoms with E-state index in [0.29, 0.717) is 10.1 Å². The maximum atomic E-state index is 13.2. The zero-order chi connectivity index (χ0) is 29.8. The van der Waals surface area contributed by atoms with Gasteiger partial charge >= 0.3 is 24.5 Å². The first-order valence-corrected chi connectivity index (χ1v) is 11.6. The number of carbonyl (C=O) groups excluding carboxylic acids is 3. The van der Waals surface area contributed by atoms with Gasteiger partial charge in [0.05, 0.1) is 31.1 Å². The molecule has 0 unspecified atom stereocenters. The van der Waals surface area contributed by atoms with Crippen molar-refractivity contribution in [1.29, 1.82) is 0 Å². The highest BCUT2D eigenvalue weighted by atomic mass is 32.1. The Morgan fingerprint density at radius 2 is 1.39 bits per heavy atom. The van der Waals surface area contributed by atoms with Gasteiger partial charge < -0.3 is 9.47 Å². The molecule has 0 aliphatic heterocycles. The summed E-state index contributed by atoms with van der Waals surface area (Å²) in [6, 6.07) is 7.39. The van der Waals surface area contributed by atoms with Crippen molar-refractivity contribution in [2.45, 2.75) is 33.1 Å². The fourth-order valence-corrected chi connectivity index (χ4v) is 4.17. The topological polar surface area (TPSA) is 69.7 Å². The van der Waals surface area contributed by atoms with E-state index in [1.165, 1.54) is 50.5 Å². The number of fused-ring (bicyclic) bond motifs is 1. The molecule has 0 fully saturated rings. The molecule has 1 aromatic heterocycles. The first-order valence-electron chi connectivity index (χ1n) is 10.1. The van der Waals surface area contributed by atoms with Crippen LogP contribution in [0.25, 0.3) is 10.1 Å². The van der Waals surface area contributed by atoms with Crippen LogP contribution in [0.15, 0.2) is 30.3 Å². The Balaban J connectivity index is 0.000000552. The Morgan fingerprint density at radius 3 is 1.79 bits per heavy atom. The van der Waals surface area contributed by atoms with Gasteiger partial charge in [-0.2, -0.15) is 48.6 Å². The molecule has 5 nitrogen and oxygen atoms in total. The Labute approximate surface area is 223 Å². The monoisotopic (exact) mass is 588 g/mol. The average molecular weight is 589 g/mol. The summed E-state index contributed by atoms with van der Waals surface area (Å²) in [4.78, 5) is 27.0. The van der Waals surface area contributed by atoms with Crippen molar-refractivity contribution in [2.24, 2.45) is 0 Å². The number of aryl methyl sites for hydroxylation is 3. The highest BCUT2D eigenvalue weighted by Crippen LogP contribution is 2.40. The molecule has 1 heterocycles. The number of alkyl halides is 6. The molecule has 0 saturated carbocycles. The van der Waals surface area contributed by atoms with Crippen LogP contribution in [-0.2, 0) is 31.5 Å². The lowest BCUT2D eigenvalue weighted by Crippen LogP contribution is -2.11. The van der Waals surface area contributed by atoms with Crippen LogP contribution in [0.3, 0.4) is 0 Å². The van der Waals surface area contributed by atoms with E-state index in [1.54, 1.807) is 12.1 Å². The smallest absolute Gasteiger partial charge is 0.419 e. The number of benzene rings is 2. The minimum absolute atomic E-state index is 0.157. The Morgan fingerprint density at radius 1 is 0.921 bits per heavy atom. The summed E-state index contributed by atoms with van der Waals surface area (Å²) in [5, 5.41) is 0.676. The molecular weight excluding hydrogens is 565 g/mol. The van der Waals surface area contributed by atoms with Crippen LogP contribution >= 0.6 is 24.0 Å². The molecule has 0 atom stereocenters. The van der Waals surface area contributed by atoms with E-state index >= 15 is 0 Å². The van der Waals surface area contributed by atoms with Gasteiger partial charge in [0, 0.05) is 9.58 Å². The van der Waals surface area contributed by atoms with Crippen LogP contribution in [0, 0.1) is 26.6 Å². The molecule has 0 aliphatic rings. The number of rotatable bonds is 2. The van der Waals surface area contributed by atoms with Gasteiger partial charge in [0.25, 0.3) is 0 Å². The molecule has 2 aromatic carbocycles. The largest absolute Gasteiger partial charge is 0.494 e. The molecular formula is C24H23F7O5S2. The van der Waals surface area contributed by atoms with Gasteiger partial charge in [-0.15, -0.1) is 11.3 Å². The molecule has 0 spiro atoms. The normalized spacial score (nSPS) is 10.6. The molecule has 3 aromatic rings. The van der Waals surface area contributed by atoms with Crippen molar-refractivity contribution in [3.8, 4) is 5.75 Å². The number of hydrogen-bond acceptors (Lipinski definition) is 7. The average Bonchev–Trinajstić information content (AvgIpc) is 3.18. The number of thiol groups is 1. The first kappa shape index (κ1) is 34.9. The Hall–Kier alpha value is -3.09. The van der Waals surface area contributed by atoms with Crippen LogP contribution < -0.4 is 4.74 Å². The Bertz CT molecular complexity index is 1240.